The molecule has 0 bridgehead atoms. The van der Waals surface area contributed by atoms with Gasteiger partial charge in [-0.25, -0.2) is 0 Å². The summed E-state index contributed by atoms with van der Waals surface area (Å²) in [6.45, 7) is 13.3. The molecule has 2 heterocycles. The lowest BCUT2D eigenvalue weighted by atomic mass is 9.78. The van der Waals surface area contributed by atoms with Crippen LogP contribution < -0.4 is 5.32 Å². The van der Waals surface area contributed by atoms with E-state index in [9.17, 15) is 9.59 Å². The molecule has 0 saturated heterocycles. The Bertz CT molecular complexity index is 1670. The van der Waals surface area contributed by atoms with E-state index in [0.29, 0.717) is 25.8 Å². The molecule has 0 aliphatic heterocycles. The number of nitrogens with one attached hydrogen (secondary N) is 2. The number of carbonyl (C=O) groups excluding carboxylic acids is 2. The van der Waals surface area contributed by atoms with Crippen molar-refractivity contribution in [2.75, 3.05) is 5.32 Å². The van der Waals surface area contributed by atoms with Gasteiger partial charge in [-0.1, -0.05) is 75.1 Å². The average molecular weight is 591 g/mol. The van der Waals surface area contributed by atoms with Crippen molar-refractivity contribution in [2.45, 2.75) is 98.1 Å². The van der Waals surface area contributed by atoms with E-state index in [-0.39, 0.29) is 29.1 Å². The fraction of sp³-hybridized carbons (Fsp3) is 0.447. The van der Waals surface area contributed by atoms with Crippen LogP contribution in [0.1, 0.15) is 91.8 Å². The first kappa shape index (κ1) is 30.1. The second-order valence-corrected chi connectivity index (χ2v) is 14.0. The lowest BCUT2D eigenvalue weighted by molar-refractivity contribution is -0.149. The third-order valence-electron chi connectivity index (χ3n) is 10.6. The Morgan fingerprint density at radius 3 is 2.36 bits per heavy atom. The molecule has 2 fully saturated rings. The number of carbonyl (C=O) groups is 2. The van der Waals surface area contributed by atoms with Gasteiger partial charge < -0.3 is 15.2 Å². The summed E-state index contributed by atoms with van der Waals surface area (Å²) < 4.78 is 0. The van der Waals surface area contributed by atoms with Crippen LogP contribution in [-0.2, 0) is 16.1 Å². The van der Waals surface area contributed by atoms with Crippen molar-refractivity contribution in [2.24, 2.45) is 11.3 Å². The highest BCUT2D eigenvalue weighted by atomic mass is 16.2. The van der Waals surface area contributed by atoms with Crippen LogP contribution in [0.4, 0.5) is 5.69 Å². The molecule has 6 nitrogen and oxygen atoms in total. The van der Waals surface area contributed by atoms with Gasteiger partial charge in [-0.2, -0.15) is 0 Å². The summed E-state index contributed by atoms with van der Waals surface area (Å²) in [5, 5.41) is 4.58. The Morgan fingerprint density at radius 1 is 0.977 bits per heavy atom. The van der Waals surface area contributed by atoms with Gasteiger partial charge in [-0.15, -0.1) is 0 Å². The summed E-state index contributed by atoms with van der Waals surface area (Å²) in [6.07, 6.45) is 8.22. The van der Waals surface area contributed by atoms with Crippen LogP contribution in [0.3, 0.4) is 0 Å². The van der Waals surface area contributed by atoms with Crippen LogP contribution in [0, 0.1) is 39.0 Å². The van der Waals surface area contributed by atoms with Gasteiger partial charge in [0.15, 0.2) is 0 Å². The maximum atomic E-state index is 14.7. The van der Waals surface area contributed by atoms with Crippen LogP contribution in [0.25, 0.3) is 10.9 Å². The summed E-state index contributed by atoms with van der Waals surface area (Å²) in [5.74, 6) is 0.455. The van der Waals surface area contributed by atoms with Crippen molar-refractivity contribution in [3.05, 3.63) is 94.4 Å². The monoisotopic (exact) mass is 590 g/mol. The Kier molecular flexibility index (Phi) is 7.89. The highest BCUT2D eigenvalue weighted by molar-refractivity contribution is 6.01. The number of benzene rings is 2. The Labute approximate surface area is 261 Å². The topological polar surface area (TPSA) is 78.1 Å². The zero-order valence-electron chi connectivity index (χ0n) is 27.1. The first-order chi connectivity index (χ1) is 21.0. The molecule has 2 amide bonds. The zero-order valence-corrected chi connectivity index (χ0v) is 27.1. The van der Waals surface area contributed by atoms with Crippen LogP contribution in [0.2, 0.25) is 0 Å². The molecule has 2 aromatic heterocycles. The predicted octanol–water partition coefficient (Wildman–Crippen LogP) is 8.30. The Balaban J connectivity index is 1.35. The predicted molar refractivity (Wildman–Crippen MR) is 178 cm³/mol. The molecule has 2 saturated carbocycles. The summed E-state index contributed by atoms with van der Waals surface area (Å²) in [6, 6.07) is 16.6. The molecular formula is C38H46N4O2. The number of para-hydroxylation sites is 1. The molecule has 4 aromatic rings. The first-order valence-electron chi connectivity index (χ1n) is 16.2. The highest BCUT2D eigenvalue weighted by Gasteiger charge is 2.60. The molecule has 44 heavy (non-hydrogen) atoms. The molecule has 6 rings (SSSR count). The van der Waals surface area contributed by atoms with Gasteiger partial charge in [0.1, 0.15) is 5.54 Å². The molecule has 2 atom stereocenters. The van der Waals surface area contributed by atoms with Gasteiger partial charge in [-0.05, 0) is 92.2 Å². The molecule has 2 aromatic carbocycles. The average Bonchev–Trinajstić information content (AvgIpc) is 3.34. The molecular weight excluding hydrogens is 544 g/mol. The number of fused-ring (bicyclic) bond motifs is 1. The van der Waals surface area contributed by atoms with Gasteiger partial charge in [0.2, 0.25) is 11.8 Å². The van der Waals surface area contributed by atoms with E-state index >= 15 is 0 Å². The number of hydrogen-bond acceptors (Lipinski definition) is 3. The van der Waals surface area contributed by atoms with E-state index in [2.05, 4.69) is 79.4 Å². The summed E-state index contributed by atoms with van der Waals surface area (Å²) in [7, 11) is 0. The number of H-pyrrole nitrogens is 1. The zero-order chi connectivity index (χ0) is 31.2. The van der Waals surface area contributed by atoms with Crippen LogP contribution in [0.5, 0.6) is 0 Å². The second-order valence-electron chi connectivity index (χ2n) is 14.0. The number of amides is 2. The van der Waals surface area contributed by atoms with Gasteiger partial charge in [0.05, 0.1) is 0 Å². The maximum Gasteiger partial charge on any atom is 0.250 e. The maximum absolute atomic E-state index is 14.7. The second kappa shape index (κ2) is 11.5. The standard InChI is InChI=1S/C38H46N4O2/c1-24-19-25(2)35(26(3)20-24)41-36(44)38(16-10-7-11-17-38)42(23-28-13-12-18-39-22-28)32(43)21-30-34(37(30,5)6)33-27(4)40-31-15-9-8-14-29(31)33/h8-9,12-15,18-20,22,30,34,40H,7,10-11,16-17,21,23H2,1-6H3,(H,41,44)/t30-,34-/m0/s1. The van der Waals surface area contributed by atoms with E-state index in [0.717, 1.165) is 47.2 Å². The third-order valence-corrected chi connectivity index (χ3v) is 10.6. The van der Waals surface area contributed by atoms with Crippen molar-refractivity contribution in [3.8, 4) is 0 Å². The Morgan fingerprint density at radius 2 is 1.68 bits per heavy atom. The summed E-state index contributed by atoms with van der Waals surface area (Å²) >= 11 is 0. The first-order valence-corrected chi connectivity index (χ1v) is 16.2. The Hall–Kier alpha value is -3.93. The normalized spacial score (nSPS) is 20.3. The van der Waals surface area contributed by atoms with Crippen LogP contribution >= 0.6 is 0 Å². The number of aryl methyl sites for hydroxylation is 4. The minimum Gasteiger partial charge on any atom is -0.358 e. The summed E-state index contributed by atoms with van der Waals surface area (Å²) in [5.41, 5.74) is 7.78. The van der Waals surface area contributed by atoms with E-state index in [1.807, 2.05) is 37.1 Å². The number of aromatic amines is 1. The van der Waals surface area contributed by atoms with Crippen molar-refractivity contribution in [1.29, 1.82) is 0 Å². The van der Waals surface area contributed by atoms with Crippen molar-refractivity contribution in [3.63, 3.8) is 0 Å². The van der Waals surface area contributed by atoms with Crippen molar-refractivity contribution in [1.82, 2.24) is 14.9 Å². The van der Waals surface area contributed by atoms with Crippen LogP contribution in [-0.4, -0.2) is 32.2 Å². The minimum atomic E-state index is -0.916. The molecule has 6 heteroatoms. The highest BCUT2D eigenvalue weighted by Crippen LogP contribution is 2.67. The minimum absolute atomic E-state index is 0.0243. The largest absolute Gasteiger partial charge is 0.358 e. The number of hydrogen-bond donors (Lipinski definition) is 2. The molecule has 0 spiro atoms. The number of rotatable bonds is 8. The molecule has 0 unspecified atom stereocenters. The fourth-order valence-corrected chi connectivity index (χ4v) is 8.21. The van der Waals surface area contributed by atoms with Gasteiger partial charge in [-0.3, -0.25) is 14.6 Å². The number of aromatic nitrogens is 2. The van der Waals surface area contributed by atoms with E-state index in [4.69, 9.17) is 0 Å². The molecule has 0 radical (unpaired) electrons. The van der Waals surface area contributed by atoms with E-state index in [1.165, 1.54) is 22.2 Å². The van der Waals surface area contributed by atoms with E-state index < -0.39 is 5.54 Å². The van der Waals surface area contributed by atoms with Crippen LogP contribution in [0.15, 0.2) is 60.9 Å². The third kappa shape index (κ3) is 5.33. The van der Waals surface area contributed by atoms with Gasteiger partial charge in [0.25, 0.3) is 0 Å². The SMILES string of the molecule is Cc1cc(C)c(NC(=O)C2(N(Cc3cccnc3)C(=O)C[C@H]3[C@@H](c4c(C)[nH]c5ccccc45)C3(C)C)CCCCC2)c(C)c1. The lowest BCUT2D eigenvalue weighted by Crippen LogP contribution is -2.59. The quantitative estimate of drug-likeness (QED) is 0.217. The molecule has 2 aliphatic rings. The van der Waals surface area contributed by atoms with Crippen molar-refractivity contribution >= 4 is 28.4 Å². The van der Waals surface area contributed by atoms with Gasteiger partial charge >= 0.3 is 0 Å². The molecule has 230 valence electrons. The fourth-order valence-electron chi connectivity index (χ4n) is 8.21. The number of pyridine rings is 1. The molecule has 2 N–H and O–H groups in total. The lowest BCUT2D eigenvalue weighted by Gasteiger charge is -2.45. The van der Waals surface area contributed by atoms with Crippen molar-refractivity contribution < 1.29 is 9.59 Å². The van der Waals surface area contributed by atoms with Gasteiger partial charge in [0, 0.05) is 47.6 Å². The number of anilines is 1. The number of nitrogens with zero attached hydrogens (tertiary/aromatic N) is 2. The summed E-state index contributed by atoms with van der Waals surface area (Å²) in [4.78, 5) is 39.1. The smallest absolute Gasteiger partial charge is 0.250 e. The van der Waals surface area contributed by atoms with E-state index in [1.54, 1.807) is 6.20 Å². The molecule has 2 aliphatic carbocycles.